The van der Waals surface area contributed by atoms with Crippen molar-refractivity contribution >= 4 is 17.3 Å². The molecule has 1 N–H and O–H groups in total. The molecule has 0 radical (unpaired) electrons. The fraction of sp³-hybridized carbons (Fsp3) is 0.300. The molecule has 0 spiro atoms. The highest BCUT2D eigenvalue weighted by Crippen LogP contribution is 2.23. The van der Waals surface area contributed by atoms with Gasteiger partial charge < -0.3 is 5.32 Å². The topological polar surface area (TPSA) is 35.8 Å². The van der Waals surface area contributed by atoms with Crippen LogP contribution in [0.4, 0.5) is 5.69 Å². The molecule has 0 aromatic heterocycles. The van der Waals surface area contributed by atoms with E-state index in [9.17, 15) is 0 Å². The lowest BCUT2D eigenvalue weighted by Gasteiger charge is -2.19. The first-order valence-corrected chi connectivity index (χ1v) is 4.37. The number of nitrogens with zero attached hydrogens (tertiary/aromatic N) is 1. The van der Waals surface area contributed by atoms with E-state index in [0.29, 0.717) is 5.02 Å². The van der Waals surface area contributed by atoms with Crippen LogP contribution in [0.2, 0.25) is 5.02 Å². The Balaban J connectivity index is 2.88. The summed E-state index contributed by atoms with van der Waals surface area (Å²) >= 11 is 5.92. The molecule has 1 rings (SSSR count). The van der Waals surface area contributed by atoms with Crippen molar-refractivity contribution in [1.29, 1.82) is 5.26 Å². The van der Waals surface area contributed by atoms with Gasteiger partial charge in [0.05, 0.1) is 16.8 Å². The molecule has 13 heavy (non-hydrogen) atoms. The lowest BCUT2D eigenvalue weighted by molar-refractivity contribution is 0.729. The second kappa shape index (κ2) is 3.68. The molecule has 0 aliphatic heterocycles. The molecule has 2 nitrogen and oxygen atoms in total. The summed E-state index contributed by atoms with van der Waals surface area (Å²) in [6.45, 7) is 3.60. The summed E-state index contributed by atoms with van der Waals surface area (Å²) in [5, 5.41) is 12.5. The largest absolute Gasteiger partial charge is 0.367 e. The van der Waals surface area contributed by atoms with E-state index in [0.717, 1.165) is 5.69 Å². The van der Waals surface area contributed by atoms with Crippen molar-refractivity contribution in [3.05, 3.63) is 29.3 Å². The van der Waals surface area contributed by atoms with Gasteiger partial charge in [-0.15, -0.1) is 0 Å². The molecule has 0 bridgehead atoms. The summed E-state index contributed by atoms with van der Waals surface area (Å²) in [6, 6.07) is 9.52. The molecule has 0 fully saturated rings. The van der Waals surface area contributed by atoms with Crippen LogP contribution in [0.1, 0.15) is 13.8 Å². The first kappa shape index (κ1) is 9.88. The predicted octanol–water partition coefficient (Wildman–Crippen LogP) is 3.05. The maximum atomic E-state index is 8.79. The molecular weight excluding hydrogens is 184 g/mol. The molecule has 0 atom stereocenters. The molecule has 0 saturated carbocycles. The fourth-order valence-electron chi connectivity index (χ4n) is 0.927. The molecule has 0 heterocycles. The zero-order valence-corrected chi connectivity index (χ0v) is 8.39. The SMILES string of the molecule is CC(C)(C#N)Nc1ccccc1Cl. The first-order chi connectivity index (χ1) is 6.05. The number of halogens is 1. The zero-order chi connectivity index (χ0) is 9.90. The molecule has 0 amide bonds. The number of anilines is 1. The molecule has 1 aromatic rings. The van der Waals surface area contributed by atoms with Crippen LogP contribution in [0, 0.1) is 11.3 Å². The minimum atomic E-state index is -0.592. The van der Waals surface area contributed by atoms with Crippen molar-refractivity contribution in [3.63, 3.8) is 0 Å². The van der Waals surface area contributed by atoms with Crippen molar-refractivity contribution < 1.29 is 0 Å². The second-order valence-corrected chi connectivity index (χ2v) is 3.75. The Morgan fingerprint density at radius 2 is 2.00 bits per heavy atom. The predicted molar refractivity (Wildman–Crippen MR) is 54.8 cm³/mol. The van der Waals surface area contributed by atoms with Gasteiger partial charge in [-0.25, -0.2) is 0 Å². The number of hydrogen-bond acceptors (Lipinski definition) is 2. The Morgan fingerprint density at radius 1 is 1.38 bits per heavy atom. The summed E-state index contributed by atoms with van der Waals surface area (Å²) in [6.07, 6.45) is 0. The molecular formula is C10H11ClN2. The maximum absolute atomic E-state index is 8.79. The van der Waals surface area contributed by atoms with E-state index in [1.54, 1.807) is 19.9 Å². The highest BCUT2D eigenvalue weighted by Gasteiger charge is 2.16. The lowest BCUT2D eigenvalue weighted by atomic mass is 10.1. The molecule has 3 heteroatoms. The van der Waals surface area contributed by atoms with Crippen LogP contribution in [0.5, 0.6) is 0 Å². The lowest BCUT2D eigenvalue weighted by Crippen LogP contribution is -2.28. The third kappa shape index (κ3) is 2.64. The van der Waals surface area contributed by atoms with Crippen LogP contribution in [-0.4, -0.2) is 5.54 Å². The number of benzene rings is 1. The van der Waals surface area contributed by atoms with Gasteiger partial charge in [0.2, 0.25) is 0 Å². The van der Waals surface area contributed by atoms with Gasteiger partial charge in [-0.3, -0.25) is 0 Å². The van der Waals surface area contributed by atoms with Crippen molar-refractivity contribution in [1.82, 2.24) is 0 Å². The Labute approximate surface area is 83.1 Å². The minimum absolute atomic E-state index is 0.592. The molecule has 0 aliphatic carbocycles. The van der Waals surface area contributed by atoms with Crippen molar-refractivity contribution in [3.8, 4) is 6.07 Å². The Hall–Kier alpha value is -1.20. The van der Waals surface area contributed by atoms with Gasteiger partial charge >= 0.3 is 0 Å². The molecule has 0 aliphatic rings. The summed E-state index contributed by atoms with van der Waals surface area (Å²) in [5.74, 6) is 0. The molecule has 68 valence electrons. The number of rotatable bonds is 2. The Kier molecular flexibility index (Phi) is 2.79. The van der Waals surface area contributed by atoms with E-state index in [4.69, 9.17) is 16.9 Å². The first-order valence-electron chi connectivity index (χ1n) is 3.99. The molecule has 1 aromatic carbocycles. The third-order valence-electron chi connectivity index (χ3n) is 1.60. The highest BCUT2D eigenvalue weighted by atomic mass is 35.5. The molecule has 0 saturated heterocycles. The van der Waals surface area contributed by atoms with Crippen LogP contribution >= 0.6 is 11.6 Å². The Morgan fingerprint density at radius 3 is 2.54 bits per heavy atom. The van der Waals surface area contributed by atoms with Crippen LogP contribution in [0.15, 0.2) is 24.3 Å². The van der Waals surface area contributed by atoms with Gasteiger partial charge in [-0.1, -0.05) is 23.7 Å². The van der Waals surface area contributed by atoms with E-state index in [2.05, 4.69) is 11.4 Å². The van der Waals surface area contributed by atoms with E-state index in [1.165, 1.54) is 0 Å². The van der Waals surface area contributed by atoms with Crippen LogP contribution in [0.25, 0.3) is 0 Å². The van der Waals surface area contributed by atoms with Crippen LogP contribution < -0.4 is 5.32 Å². The summed E-state index contributed by atoms with van der Waals surface area (Å²) in [4.78, 5) is 0. The Bertz CT molecular complexity index is 339. The standard InChI is InChI=1S/C10H11ClN2/c1-10(2,7-12)13-9-6-4-3-5-8(9)11/h3-6,13H,1-2H3. The van der Waals surface area contributed by atoms with E-state index >= 15 is 0 Å². The monoisotopic (exact) mass is 194 g/mol. The van der Waals surface area contributed by atoms with Gasteiger partial charge in [0.1, 0.15) is 5.54 Å². The van der Waals surface area contributed by atoms with Gasteiger partial charge in [-0.05, 0) is 26.0 Å². The molecule has 0 unspecified atom stereocenters. The van der Waals surface area contributed by atoms with Crippen LogP contribution in [0.3, 0.4) is 0 Å². The zero-order valence-electron chi connectivity index (χ0n) is 7.63. The minimum Gasteiger partial charge on any atom is -0.367 e. The van der Waals surface area contributed by atoms with Gasteiger partial charge in [0, 0.05) is 0 Å². The van der Waals surface area contributed by atoms with Gasteiger partial charge in [0.15, 0.2) is 0 Å². The van der Waals surface area contributed by atoms with Gasteiger partial charge in [0.25, 0.3) is 0 Å². The van der Waals surface area contributed by atoms with E-state index in [-0.39, 0.29) is 0 Å². The summed E-state index contributed by atoms with van der Waals surface area (Å²) in [7, 11) is 0. The average molecular weight is 195 g/mol. The number of hydrogen-bond donors (Lipinski definition) is 1. The highest BCUT2D eigenvalue weighted by molar-refractivity contribution is 6.33. The maximum Gasteiger partial charge on any atom is 0.119 e. The summed E-state index contributed by atoms with van der Waals surface area (Å²) < 4.78 is 0. The number of para-hydroxylation sites is 1. The van der Waals surface area contributed by atoms with Crippen molar-refractivity contribution in [2.45, 2.75) is 19.4 Å². The second-order valence-electron chi connectivity index (χ2n) is 3.34. The van der Waals surface area contributed by atoms with E-state index < -0.39 is 5.54 Å². The number of nitriles is 1. The van der Waals surface area contributed by atoms with Gasteiger partial charge in [-0.2, -0.15) is 5.26 Å². The smallest absolute Gasteiger partial charge is 0.119 e. The van der Waals surface area contributed by atoms with E-state index in [1.807, 2.05) is 18.2 Å². The quantitative estimate of drug-likeness (QED) is 0.786. The van der Waals surface area contributed by atoms with Crippen molar-refractivity contribution in [2.24, 2.45) is 0 Å². The fourth-order valence-corrected chi connectivity index (χ4v) is 1.11. The number of nitrogens with one attached hydrogen (secondary N) is 1. The normalized spacial score (nSPS) is 10.6. The third-order valence-corrected chi connectivity index (χ3v) is 1.93. The van der Waals surface area contributed by atoms with Crippen molar-refractivity contribution in [2.75, 3.05) is 5.32 Å². The summed E-state index contributed by atoms with van der Waals surface area (Å²) in [5.41, 5.74) is 0.195. The average Bonchev–Trinajstić information content (AvgIpc) is 2.09. The van der Waals surface area contributed by atoms with Crippen LogP contribution in [-0.2, 0) is 0 Å².